The van der Waals surface area contributed by atoms with Gasteiger partial charge in [-0.1, -0.05) is 24.6 Å². The summed E-state index contributed by atoms with van der Waals surface area (Å²) in [6.07, 6.45) is 3.44. The van der Waals surface area contributed by atoms with Crippen molar-refractivity contribution in [2.45, 2.75) is 36.5 Å². The summed E-state index contributed by atoms with van der Waals surface area (Å²) in [4.78, 5) is 14.8. The molecule has 3 aromatic rings. The highest BCUT2D eigenvalue weighted by Crippen LogP contribution is 2.29. The molecule has 0 amide bonds. The van der Waals surface area contributed by atoms with Crippen LogP contribution < -0.4 is 10.3 Å². The van der Waals surface area contributed by atoms with E-state index in [1.807, 2.05) is 11.8 Å². The van der Waals surface area contributed by atoms with E-state index in [1.165, 1.54) is 24.4 Å². The number of aryl methyl sites for hydroxylation is 2. The number of fused-ring (bicyclic) bond motifs is 1. The molecule has 0 bridgehead atoms. The zero-order valence-corrected chi connectivity index (χ0v) is 18.2. The predicted molar refractivity (Wildman–Crippen MR) is 116 cm³/mol. The summed E-state index contributed by atoms with van der Waals surface area (Å²) in [5, 5.41) is 0.0667. The first-order chi connectivity index (χ1) is 14.2. The van der Waals surface area contributed by atoms with Gasteiger partial charge in [0, 0.05) is 26.3 Å². The molecule has 1 atom stereocenters. The lowest BCUT2D eigenvalue weighted by atomic mass is 9.99. The first-order valence-electron chi connectivity index (χ1n) is 10.1. The highest BCUT2D eigenvalue weighted by molar-refractivity contribution is 7.91. The van der Waals surface area contributed by atoms with E-state index in [0.29, 0.717) is 17.1 Å². The van der Waals surface area contributed by atoms with E-state index in [9.17, 15) is 17.6 Å². The molecule has 0 N–H and O–H groups in total. The maximum atomic E-state index is 15.0. The average Bonchev–Trinajstić information content (AvgIpc) is 2.70. The number of rotatable bonds is 3. The molecule has 0 spiro atoms. The van der Waals surface area contributed by atoms with E-state index in [0.717, 1.165) is 31.5 Å². The lowest BCUT2D eigenvalue weighted by Crippen LogP contribution is -2.35. The topological polar surface area (TPSA) is 59.4 Å². The van der Waals surface area contributed by atoms with Crippen molar-refractivity contribution in [3.05, 3.63) is 64.2 Å². The number of hydrogen-bond donors (Lipinski definition) is 0. The SMILES string of the molecule is Cc1ccc(S(=O)(=O)c2cn(C)c3cc(N4CCCC(C)C4)c(F)cc3c2=O)cc1. The van der Waals surface area contributed by atoms with Gasteiger partial charge in [-0.3, -0.25) is 4.79 Å². The molecule has 0 aliphatic carbocycles. The zero-order valence-electron chi connectivity index (χ0n) is 17.4. The number of anilines is 1. The fourth-order valence-electron chi connectivity index (χ4n) is 4.15. The molecule has 0 saturated carbocycles. The van der Waals surface area contributed by atoms with E-state index < -0.39 is 21.1 Å². The molecule has 1 aliphatic rings. The Morgan fingerprint density at radius 3 is 2.50 bits per heavy atom. The molecular weight excluding hydrogens is 403 g/mol. The molecule has 30 heavy (non-hydrogen) atoms. The Morgan fingerprint density at radius 1 is 1.13 bits per heavy atom. The second-order valence-electron chi connectivity index (χ2n) is 8.26. The fraction of sp³-hybridized carbons (Fsp3) is 0.348. The van der Waals surface area contributed by atoms with E-state index in [4.69, 9.17) is 0 Å². The van der Waals surface area contributed by atoms with Gasteiger partial charge in [0.15, 0.2) is 0 Å². The van der Waals surface area contributed by atoms with E-state index >= 15 is 0 Å². The normalized spacial score (nSPS) is 17.5. The van der Waals surface area contributed by atoms with Crippen LogP contribution in [0, 0.1) is 18.7 Å². The van der Waals surface area contributed by atoms with Gasteiger partial charge in [0.25, 0.3) is 0 Å². The third-order valence-electron chi connectivity index (χ3n) is 5.84. The molecule has 7 heteroatoms. The maximum Gasteiger partial charge on any atom is 0.211 e. The number of hydrogen-bond acceptors (Lipinski definition) is 4. The highest BCUT2D eigenvalue weighted by Gasteiger charge is 2.25. The first kappa shape index (κ1) is 20.6. The molecule has 5 nitrogen and oxygen atoms in total. The molecule has 0 radical (unpaired) electrons. The standard InChI is InChI=1S/C23H25FN2O3S/c1-15-6-8-17(9-7-15)30(28,29)22-14-25(3)20-12-21(19(24)11-18(20)23(22)27)26-10-4-5-16(2)13-26/h6-9,11-12,14,16H,4-5,10,13H2,1-3H3. The Labute approximate surface area is 175 Å². The number of nitrogens with zero attached hydrogens (tertiary/aromatic N) is 2. The lowest BCUT2D eigenvalue weighted by Gasteiger charge is -2.33. The maximum absolute atomic E-state index is 15.0. The summed E-state index contributed by atoms with van der Waals surface area (Å²) in [7, 11) is -2.34. The number of piperidine rings is 1. The summed E-state index contributed by atoms with van der Waals surface area (Å²) >= 11 is 0. The lowest BCUT2D eigenvalue weighted by molar-refractivity contribution is 0.442. The second-order valence-corrected chi connectivity index (χ2v) is 10.2. The number of benzene rings is 2. The Bertz CT molecular complexity index is 1280. The molecule has 1 saturated heterocycles. The van der Waals surface area contributed by atoms with Crippen LogP contribution in [0.15, 0.2) is 57.2 Å². The predicted octanol–water partition coefficient (Wildman–Crippen LogP) is 4.06. The van der Waals surface area contributed by atoms with Gasteiger partial charge in [-0.2, -0.15) is 0 Å². The van der Waals surface area contributed by atoms with Crippen molar-refractivity contribution in [3.63, 3.8) is 0 Å². The minimum Gasteiger partial charge on any atom is -0.369 e. The van der Waals surface area contributed by atoms with Crippen LogP contribution in [0.4, 0.5) is 10.1 Å². The van der Waals surface area contributed by atoms with Crippen molar-refractivity contribution in [2.75, 3.05) is 18.0 Å². The van der Waals surface area contributed by atoms with Gasteiger partial charge in [0.2, 0.25) is 15.3 Å². The Kier molecular flexibility index (Phi) is 5.18. The third kappa shape index (κ3) is 3.51. The Balaban J connectivity index is 1.87. The molecule has 2 aromatic carbocycles. The summed E-state index contributed by atoms with van der Waals surface area (Å²) < 4.78 is 42.8. The smallest absolute Gasteiger partial charge is 0.211 e. The monoisotopic (exact) mass is 428 g/mol. The number of pyridine rings is 1. The Hall–Kier alpha value is -2.67. The zero-order chi connectivity index (χ0) is 21.6. The van der Waals surface area contributed by atoms with Crippen LogP contribution in [0.25, 0.3) is 10.9 Å². The van der Waals surface area contributed by atoms with Gasteiger partial charge in [-0.05, 0) is 49.9 Å². The number of sulfone groups is 1. The van der Waals surface area contributed by atoms with Crippen LogP contribution in [0.2, 0.25) is 0 Å². The largest absolute Gasteiger partial charge is 0.369 e. The van der Waals surface area contributed by atoms with E-state index in [2.05, 4.69) is 6.92 Å². The minimum atomic E-state index is -4.02. The molecule has 158 valence electrons. The second kappa shape index (κ2) is 7.54. The number of halogens is 1. The van der Waals surface area contributed by atoms with Crippen molar-refractivity contribution < 1.29 is 12.8 Å². The summed E-state index contributed by atoms with van der Waals surface area (Å²) in [6, 6.07) is 9.17. The van der Waals surface area contributed by atoms with Gasteiger partial charge >= 0.3 is 0 Å². The van der Waals surface area contributed by atoms with Crippen molar-refractivity contribution in [1.29, 1.82) is 0 Å². The van der Waals surface area contributed by atoms with Crippen molar-refractivity contribution in [3.8, 4) is 0 Å². The van der Waals surface area contributed by atoms with Crippen molar-refractivity contribution in [1.82, 2.24) is 4.57 Å². The van der Waals surface area contributed by atoms with E-state index in [1.54, 1.807) is 29.8 Å². The molecule has 2 heterocycles. The third-order valence-corrected chi connectivity index (χ3v) is 7.61. The molecular formula is C23H25FN2O3S. The van der Waals surface area contributed by atoms with Crippen LogP contribution in [0.3, 0.4) is 0 Å². The quantitative estimate of drug-likeness (QED) is 0.631. The molecule has 4 rings (SSSR count). The van der Waals surface area contributed by atoms with Gasteiger partial charge in [0.05, 0.1) is 21.5 Å². The van der Waals surface area contributed by atoms with Crippen molar-refractivity contribution in [2.24, 2.45) is 13.0 Å². The van der Waals surface area contributed by atoms with E-state index in [-0.39, 0.29) is 15.2 Å². The molecule has 1 aromatic heterocycles. The molecule has 1 fully saturated rings. The highest BCUT2D eigenvalue weighted by atomic mass is 32.2. The van der Waals surface area contributed by atoms with Crippen molar-refractivity contribution >= 4 is 26.4 Å². The van der Waals surface area contributed by atoms with Crippen LogP contribution in [-0.2, 0) is 16.9 Å². The summed E-state index contributed by atoms with van der Waals surface area (Å²) in [6.45, 7) is 5.52. The Morgan fingerprint density at radius 2 is 1.83 bits per heavy atom. The molecule has 1 unspecified atom stereocenters. The summed E-state index contributed by atoms with van der Waals surface area (Å²) in [5.41, 5.74) is 1.21. The van der Waals surface area contributed by atoms with Gasteiger partial charge in [0.1, 0.15) is 10.7 Å². The van der Waals surface area contributed by atoms with Gasteiger partial charge < -0.3 is 9.47 Å². The first-order valence-corrected chi connectivity index (χ1v) is 11.6. The van der Waals surface area contributed by atoms with Crippen LogP contribution in [0.1, 0.15) is 25.3 Å². The molecule has 1 aliphatic heterocycles. The van der Waals surface area contributed by atoms with Gasteiger partial charge in [-0.25, -0.2) is 12.8 Å². The average molecular weight is 429 g/mol. The number of aromatic nitrogens is 1. The fourth-order valence-corrected chi connectivity index (χ4v) is 5.55. The minimum absolute atomic E-state index is 0.0453. The van der Waals surface area contributed by atoms with Crippen LogP contribution >= 0.6 is 0 Å². The van der Waals surface area contributed by atoms with Crippen LogP contribution in [-0.4, -0.2) is 26.1 Å². The van der Waals surface area contributed by atoms with Gasteiger partial charge in [-0.15, -0.1) is 0 Å². The van der Waals surface area contributed by atoms with Crippen LogP contribution in [0.5, 0.6) is 0 Å². The summed E-state index contributed by atoms with van der Waals surface area (Å²) in [5.74, 6) is -0.0294.